The van der Waals surface area contributed by atoms with E-state index in [2.05, 4.69) is 26.1 Å². The van der Waals surface area contributed by atoms with Crippen molar-refractivity contribution in [3.63, 3.8) is 0 Å². The van der Waals surface area contributed by atoms with Crippen molar-refractivity contribution in [2.45, 2.75) is 13.3 Å². The predicted molar refractivity (Wildman–Crippen MR) is 91.0 cm³/mol. The van der Waals surface area contributed by atoms with E-state index in [9.17, 15) is 14.7 Å². The first-order valence-electron chi connectivity index (χ1n) is 6.96. The third-order valence-electron chi connectivity index (χ3n) is 3.69. The number of rotatable bonds is 3. The maximum absolute atomic E-state index is 11.8. The summed E-state index contributed by atoms with van der Waals surface area (Å²) in [5.41, 5.74) is 2.36. The van der Waals surface area contributed by atoms with Crippen LogP contribution in [0, 0.1) is 6.92 Å². The molecule has 5 nitrogen and oxygen atoms in total. The van der Waals surface area contributed by atoms with Crippen molar-refractivity contribution in [3.05, 3.63) is 73.6 Å². The van der Waals surface area contributed by atoms with Crippen LogP contribution in [0.3, 0.4) is 0 Å². The number of carbonyl (C=O) groups is 1. The van der Waals surface area contributed by atoms with E-state index in [0.717, 1.165) is 16.5 Å². The van der Waals surface area contributed by atoms with Gasteiger partial charge in [-0.05, 0) is 46.1 Å². The van der Waals surface area contributed by atoms with Crippen molar-refractivity contribution < 1.29 is 9.90 Å². The number of aromatic carboxylic acids is 1. The number of carboxylic acid groups (broad SMARTS) is 1. The third-order valence-corrected chi connectivity index (χ3v) is 4.74. The molecule has 116 valence electrons. The van der Waals surface area contributed by atoms with E-state index in [4.69, 9.17) is 0 Å². The van der Waals surface area contributed by atoms with Crippen molar-refractivity contribution in [1.82, 2.24) is 10.2 Å². The quantitative estimate of drug-likeness (QED) is 0.738. The summed E-state index contributed by atoms with van der Waals surface area (Å²) < 4.78 is 0.577. The molecule has 0 aliphatic carbocycles. The minimum atomic E-state index is -0.985. The van der Waals surface area contributed by atoms with Crippen LogP contribution in [0.25, 0.3) is 10.8 Å². The summed E-state index contributed by atoms with van der Waals surface area (Å²) in [6, 6.07) is 10.8. The Morgan fingerprint density at radius 2 is 1.96 bits per heavy atom. The fourth-order valence-corrected chi connectivity index (χ4v) is 3.00. The SMILES string of the molecule is Cc1cc(Cc2n[nH]c(=O)c3ccccc23)cc(C(=O)O)c1Br. The number of aromatic nitrogens is 2. The lowest BCUT2D eigenvalue weighted by Crippen LogP contribution is -2.11. The Kier molecular flexibility index (Phi) is 4.00. The normalized spacial score (nSPS) is 10.9. The summed E-state index contributed by atoms with van der Waals surface area (Å²) in [5.74, 6) is -0.985. The maximum Gasteiger partial charge on any atom is 0.336 e. The molecule has 0 amide bonds. The van der Waals surface area contributed by atoms with Crippen molar-refractivity contribution in [3.8, 4) is 0 Å². The number of aromatic amines is 1. The summed E-state index contributed by atoms with van der Waals surface area (Å²) in [7, 11) is 0. The lowest BCUT2D eigenvalue weighted by Gasteiger charge is -2.09. The molecule has 2 aromatic carbocycles. The Balaban J connectivity index is 2.12. The molecular formula is C17H13BrN2O3. The van der Waals surface area contributed by atoms with Gasteiger partial charge >= 0.3 is 5.97 Å². The second-order valence-corrected chi connectivity index (χ2v) is 6.09. The number of halogens is 1. The van der Waals surface area contributed by atoms with Crippen LogP contribution in [0.15, 0.2) is 45.7 Å². The number of carboxylic acids is 1. The molecule has 0 atom stereocenters. The first-order valence-corrected chi connectivity index (χ1v) is 7.75. The van der Waals surface area contributed by atoms with Gasteiger partial charge in [0.1, 0.15) is 0 Å². The Hall–Kier alpha value is -2.47. The van der Waals surface area contributed by atoms with Crippen LogP contribution >= 0.6 is 15.9 Å². The fourth-order valence-electron chi connectivity index (χ4n) is 2.60. The molecule has 6 heteroatoms. The molecule has 0 bridgehead atoms. The molecular weight excluding hydrogens is 360 g/mol. The first kappa shape index (κ1) is 15.4. The minimum Gasteiger partial charge on any atom is -0.478 e. The molecule has 0 saturated carbocycles. The number of benzene rings is 2. The highest BCUT2D eigenvalue weighted by Gasteiger charge is 2.14. The summed E-state index contributed by atoms with van der Waals surface area (Å²) >= 11 is 3.31. The first-order chi connectivity index (χ1) is 11.0. The molecule has 1 aromatic heterocycles. The molecule has 0 fully saturated rings. The smallest absolute Gasteiger partial charge is 0.336 e. The summed E-state index contributed by atoms with van der Waals surface area (Å²) in [4.78, 5) is 23.2. The maximum atomic E-state index is 11.8. The molecule has 2 N–H and O–H groups in total. The van der Waals surface area contributed by atoms with Crippen LogP contribution < -0.4 is 5.56 Å². The standard InChI is InChI=1S/C17H13BrN2O3/c1-9-6-10(7-13(15(9)18)17(22)23)8-14-11-4-2-3-5-12(11)16(21)20-19-14/h2-7H,8H2,1H3,(H,20,21)(H,22,23). The molecule has 0 saturated heterocycles. The molecule has 0 radical (unpaired) electrons. The van der Waals surface area contributed by atoms with Gasteiger partial charge in [0.05, 0.1) is 16.6 Å². The Bertz CT molecular complexity index is 979. The second-order valence-electron chi connectivity index (χ2n) is 5.30. The van der Waals surface area contributed by atoms with Crippen LogP contribution in [-0.2, 0) is 6.42 Å². The fraction of sp³-hybridized carbons (Fsp3) is 0.118. The number of aryl methyl sites for hydroxylation is 1. The van der Waals surface area contributed by atoms with Crippen molar-refractivity contribution in [2.24, 2.45) is 0 Å². The Morgan fingerprint density at radius 1 is 1.26 bits per heavy atom. The van der Waals surface area contributed by atoms with Crippen LogP contribution in [0.2, 0.25) is 0 Å². The number of nitrogens with zero attached hydrogens (tertiary/aromatic N) is 1. The van der Waals surface area contributed by atoms with Crippen LogP contribution in [0.1, 0.15) is 27.2 Å². The van der Waals surface area contributed by atoms with Crippen molar-refractivity contribution in [2.75, 3.05) is 0 Å². The van der Waals surface area contributed by atoms with Gasteiger partial charge in [-0.25, -0.2) is 9.89 Å². The van der Waals surface area contributed by atoms with Gasteiger partial charge in [0.2, 0.25) is 0 Å². The summed E-state index contributed by atoms with van der Waals surface area (Å²) in [6.07, 6.45) is 0.436. The van der Waals surface area contributed by atoms with Gasteiger partial charge in [-0.3, -0.25) is 4.79 Å². The highest BCUT2D eigenvalue weighted by molar-refractivity contribution is 9.10. The van der Waals surface area contributed by atoms with Crippen molar-refractivity contribution >= 4 is 32.7 Å². The molecule has 3 rings (SSSR count). The van der Waals surface area contributed by atoms with Crippen LogP contribution in [0.5, 0.6) is 0 Å². The highest BCUT2D eigenvalue weighted by atomic mass is 79.9. The Morgan fingerprint density at radius 3 is 2.65 bits per heavy atom. The van der Waals surface area contributed by atoms with E-state index in [0.29, 0.717) is 22.0 Å². The summed E-state index contributed by atoms with van der Waals surface area (Å²) in [6.45, 7) is 1.85. The van der Waals surface area contributed by atoms with E-state index < -0.39 is 5.97 Å². The molecule has 0 aliphatic heterocycles. The number of hydrogen-bond donors (Lipinski definition) is 2. The van der Waals surface area contributed by atoms with E-state index in [1.165, 1.54) is 0 Å². The number of nitrogens with one attached hydrogen (secondary N) is 1. The second kappa shape index (κ2) is 5.96. The van der Waals surface area contributed by atoms with Gasteiger partial charge in [-0.2, -0.15) is 5.10 Å². The van der Waals surface area contributed by atoms with E-state index in [1.807, 2.05) is 25.1 Å². The molecule has 0 aliphatic rings. The summed E-state index contributed by atoms with van der Waals surface area (Å²) in [5, 5.41) is 17.3. The molecule has 23 heavy (non-hydrogen) atoms. The minimum absolute atomic E-state index is 0.216. The van der Waals surface area contributed by atoms with Gasteiger partial charge in [0.25, 0.3) is 5.56 Å². The van der Waals surface area contributed by atoms with Crippen molar-refractivity contribution in [1.29, 1.82) is 0 Å². The lowest BCUT2D eigenvalue weighted by molar-refractivity contribution is 0.0695. The number of hydrogen-bond acceptors (Lipinski definition) is 3. The monoisotopic (exact) mass is 372 g/mol. The zero-order chi connectivity index (χ0) is 16.6. The molecule has 3 aromatic rings. The van der Waals surface area contributed by atoms with Gasteiger partial charge < -0.3 is 5.11 Å². The highest BCUT2D eigenvalue weighted by Crippen LogP contribution is 2.25. The van der Waals surface area contributed by atoms with Gasteiger partial charge in [0, 0.05) is 16.3 Å². The molecule has 0 unspecified atom stereocenters. The average molecular weight is 373 g/mol. The number of fused-ring (bicyclic) bond motifs is 1. The van der Waals surface area contributed by atoms with Gasteiger partial charge in [0.15, 0.2) is 0 Å². The van der Waals surface area contributed by atoms with E-state index in [-0.39, 0.29) is 11.1 Å². The van der Waals surface area contributed by atoms with E-state index in [1.54, 1.807) is 18.2 Å². The van der Waals surface area contributed by atoms with Crippen LogP contribution in [0.4, 0.5) is 0 Å². The van der Waals surface area contributed by atoms with E-state index >= 15 is 0 Å². The van der Waals surface area contributed by atoms with Gasteiger partial charge in [-0.15, -0.1) is 0 Å². The molecule has 0 spiro atoms. The van der Waals surface area contributed by atoms with Crippen LogP contribution in [-0.4, -0.2) is 21.3 Å². The van der Waals surface area contributed by atoms with Gasteiger partial charge in [-0.1, -0.05) is 24.3 Å². The Labute approximate surface area is 140 Å². The predicted octanol–water partition coefficient (Wildman–Crippen LogP) is 3.28. The third kappa shape index (κ3) is 2.90. The largest absolute Gasteiger partial charge is 0.478 e. The zero-order valence-electron chi connectivity index (χ0n) is 12.3. The number of H-pyrrole nitrogens is 1. The topological polar surface area (TPSA) is 83.0 Å². The zero-order valence-corrected chi connectivity index (χ0v) is 13.8. The lowest BCUT2D eigenvalue weighted by atomic mass is 10.0. The molecule has 1 heterocycles. The average Bonchev–Trinajstić information content (AvgIpc) is 2.53.